The van der Waals surface area contributed by atoms with Gasteiger partial charge in [-0.1, -0.05) is 0 Å². The van der Waals surface area contributed by atoms with Crippen molar-refractivity contribution in [3.05, 3.63) is 0 Å². The van der Waals surface area contributed by atoms with Crippen LogP contribution in [0.3, 0.4) is 0 Å². The number of fused-ring (bicyclic) bond motifs is 1. The van der Waals surface area contributed by atoms with Gasteiger partial charge in [0.25, 0.3) is 0 Å². The van der Waals surface area contributed by atoms with Gasteiger partial charge in [-0.15, -0.1) is 0 Å². The molecular formula is C12H19NO3. The van der Waals surface area contributed by atoms with E-state index >= 15 is 0 Å². The van der Waals surface area contributed by atoms with Crippen LogP contribution in [-0.2, 0) is 14.3 Å². The summed E-state index contributed by atoms with van der Waals surface area (Å²) < 4.78 is 4.59. The number of rotatable bonds is 4. The number of likely N-dealkylation sites (N-methyl/N-ethyl adjacent to an activating group) is 1. The van der Waals surface area contributed by atoms with Gasteiger partial charge in [0.15, 0.2) is 0 Å². The molecule has 2 atom stereocenters. The quantitative estimate of drug-likeness (QED) is 0.672. The van der Waals surface area contributed by atoms with Gasteiger partial charge in [-0.05, 0) is 38.0 Å². The molecule has 0 spiro atoms. The molecule has 0 heterocycles. The van der Waals surface area contributed by atoms with Crippen LogP contribution in [0.1, 0.15) is 26.2 Å². The van der Waals surface area contributed by atoms with Gasteiger partial charge in [0.2, 0.25) is 5.91 Å². The van der Waals surface area contributed by atoms with Gasteiger partial charge in [0.05, 0.1) is 7.11 Å². The van der Waals surface area contributed by atoms with E-state index in [1.807, 2.05) is 6.92 Å². The Balaban J connectivity index is 1.87. The predicted octanol–water partition coefficient (Wildman–Crippen LogP) is 1.05. The van der Waals surface area contributed by atoms with Crippen molar-refractivity contribution < 1.29 is 14.3 Å². The highest BCUT2D eigenvalue weighted by atomic mass is 16.5. The lowest BCUT2D eigenvalue weighted by atomic mass is 10.0. The van der Waals surface area contributed by atoms with Gasteiger partial charge in [-0.3, -0.25) is 9.59 Å². The first-order chi connectivity index (χ1) is 7.65. The summed E-state index contributed by atoms with van der Waals surface area (Å²) in [7, 11) is 1.35. The number of ether oxygens (including phenoxy) is 1. The number of amides is 1. The molecule has 2 unspecified atom stereocenters. The minimum Gasteiger partial charge on any atom is -0.468 e. The van der Waals surface area contributed by atoms with Crippen LogP contribution in [-0.4, -0.2) is 37.0 Å². The van der Waals surface area contributed by atoms with Crippen molar-refractivity contribution in [2.45, 2.75) is 26.2 Å². The van der Waals surface area contributed by atoms with Gasteiger partial charge < -0.3 is 9.64 Å². The van der Waals surface area contributed by atoms with Crippen molar-refractivity contribution in [1.82, 2.24) is 4.90 Å². The van der Waals surface area contributed by atoms with Gasteiger partial charge >= 0.3 is 5.97 Å². The second-order valence-corrected chi connectivity index (χ2v) is 4.85. The Bertz CT molecular complexity index is 293. The second kappa shape index (κ2) is 4.44. The standard InChI is InChI=1S/C12H19NO3/c1-3-13(7-11(14)16-2)12(15)10-5-8-4-9(8)6-10/h8-10H,3-7H2,1-2H3. The number of carbonyl (C=O) groups is 2. The summed E-state index contributed by atoms with van der Waals surface area (Å²) in [6.07, 6.45) is 3.37. The SMILES string of the molecule is CCN(CC(=O)OC)C(=O)C1CC2CC2C1. The largest absolute Gasteiger partial charge is 0.468 e. The number of nitrogens with zero attached hydrogens (tertiary/aromatic N) is 1. The number of hydrogen-bond donors (Lipinski definition) is 0. The Morgan fingerprint density at radius 2 is 1.88 bits per heavy atom. The average molecular weight is 225 g/mol. The lowest BCUT2D eigenvalue weighted by molar-refractivity contribution is -0.148. The molecule has 2 saturated carbocycles. The Hall–Kier alpha value is -1.06. The van der Waals surface area contributed by atoms with E-state index in [1.165, 1.54) is 13.5 Å². The van der Waals surface area contributed by atoms with E-state index in [0.29, 0.717) is 6.54 Å². The van der Waals surface area contributed by atoms with E-state index in [9.17, 15) is 9.59 Å². The summed E-state index contributed by atoms with van der Waals surface area (Å²) in [4.78, 5) is 24.9. The first-order valence-electron chi connectivity index (χ1n) is 6.01. The maximum absolute atomic E-state index is 12.1. The molecule has 16 heavy (non-hydrogen) atoms. The zero-order valence-electron chi connectivity index (χ0n) is 9.94. The Morgan fingerprint density at radius 1 is 1.25 bits per heavy atom. The highest BCUT2D eigenvalue weighted by Crippen LogP contribution is 2.54. The first kappa shape index (κ1) is 11.4. The molecule has 0 N–H and O–H groups in total. The van der Waals surface area contributed by atoms with E-state index in [-0.39, 0.29) is 24.3 Å². The summed E-state index contributed by atoms with van der Waals surface area (Å²) in [6.45, 7) is 2.58. The second-order valence-electron chi connectivity index (χ2n) is 4.85. The highest BCUT2D eigenvalue weighted by molar-refractivity contribution is 5.84. The number of carbonyl (C=O) groups excluding carboxylic acids is 2. The Kier molecular flexibility index (Phi) is 3.17. The molecule has 2 rings (SSSR count). The molecule has 90 valence electrons. The van der Waals surface area contributed by atoms with Crippen LogP contribution < -0.4 is 0 Å². The molecule has 0 aromatic carbocycles. The first-order valence-corrected chi connectivity index (χ1v) is 6.01. The molecule has 1 amide bonds. The van der Waals surface area contributed by atoms with Crippen molar-refractivity contribution >= 4 is 11.9 Å². The fourth-order valence-corrected chi connectivity index (χ4v) is 2.74. The predicted molar refractivity (Wildman–Crippen MR) is 58.6 cm³/mol. The molecule has 0 aliphatic heterocycles. The highest BCUT2D eigenvalue weighted by Gasteiger charge is 2.48. The van der Waals surface area contributed by atoms with E-state index in [0.717, 1.165) is 24.7 Å². The third-order valence-electron chi connectivity index (χ3n) is 3.83. The molecule has 0 aromatic heterocycles. The van der Waals surface area contributed by atoms with Crippen molar-refractivity contribution in [3.8, 4) is 0 Å². The van der Waals surface area contributed by atoms with Crippen LogP contribution in [0.25, 0.3) is 0 Å². The molecule has 0 radical (unpaired) electrons. The molecule has 0 saturated heterocycles. The lowest BCUT2D eigenvalue weighted by Gasteiger charge is -2.23. The minimum absolute atomic E-state index is 0.0949. The third-order valence-corrected chi connectivity index (χ3v) is 3.83. The fraction of sp³-hybridized carbons (Fsp3) is 0.833. The smallest absolute Gasteiger partial charge is 0.325 e. The third kappa shape index (κ3) is 2.20. The molecule has 2 fully saturated rings. The average Bonchev–Trinajstić information content (AvgIpc) is 2.91. The van der Waals surface area contributed by atoms with Crippen LogP contribution in [0.15, 0.2) is 0 Å². The van der Waals surface area contributed by atoms with Crippen LogP contribution >= 0.6 is 0 Å². The molecule has 2 aliphatic rings. The maximum atomic E-state index is 12.1. The van der Waals surface area contributed by atoms with Crippen LogP contribution in [0.2, 0.25) is 0 Å². The Morgan fingerprint density at radius 3 is 2.38 bits per heavy atom. The molecule has 4 nitrogen and oxygen atoms in total. The van der Waals surface area contributed by atoms with Gasteiger partial charge in [-0.2, -0.15) is 0 Å². The topological polar surface area (TPSA) is 46.6 Å². The summed E-state index contributed by atoms with van der Waals surface area (Å²) in [5.74, 6) is 1.56. The summed E-state index contributed by atoms with van der Waals surface area (Å²) in [5.41, 5.74) is 0. The Labute approximate surface area is 95.9 Å². The monoisotopic (exact) mass is 225 g/mol. The van der Waals surface area contributed by atoms with Gasteiger partial charge in [0, 0.05) is 12.5 Å². The van der Waals surface area contributed by atoms with E-state index in [2.05, 4.69) is 4.74 Å². The molecule has 0 bridgehead atoms. The fourth-order valence-electron chi connectivity index (χ4n) is 2.74. The van der Waals surface area contributed by atoms with Gasteiger partial charge in [0.1, 0.15) is 6.54 Å². The van der Waals surface area contributed by atoms with Crippen molar-refractivity contribution in [2.24, 2.45) is 17.8 Å². The zero-order valence-corrected chi connectivity index (χ0v) is 9.94. The van der Waals surface area contributed by atoms with Crippen molar-refractivity contribution in [3.63, 3.8) is 0 Å². The summed E-state index contributed by atoms with van der Waals surface area (Å²) >= 11 is 0. The minimum atomic E-state index is -0.335. The summed E-state index contributed by atoms with van der Waals surface area (Å²) in [6, 6.07) is 0. The van der Waals surface area contributed by atoms with E-state index < -0.39 is 0 Å². The number of hydrogen-bond acceptors (Lipinski definition) is 3. The number of esters is 1. The molecule has 4 heteroatoms. The van der Waals surface area contributed by atoms with Crippen molar-refractivity contribution in [1.29, 1.82) is 0 Å². The molecule has 2 aliphatic carbocycles. The molecular weight excluding hydrogens is 206 g/mol. The lowest BCUT2D eigenvalue weighted by Crippen LogP contribution is -2.39. The maximum Gasteiger partial charge on any atom is 0.325 e. The van der Waals surface area contributed by atoms with Gasteiger partial charge in [-0.25, -0.2) is 0 Å². The van der Waals surface area contributed by atoms with Crippen LogP contribution in [0.5, 0.6) is 0 Å². The van der Waals surface area contributed by atoms with Crippen LogP contribution in [0, 0.1) is 17.8 Å². The normalized spacial score (nSPS) is 30.8. The van der Waals surface area contributed by atoms with Crippen molar-refractivity contribution in [2.75, 3.05) is 20.2 Å². The van der Waals surface area contributed by atoms with E-state index in [4.69, 9.17) is 0 Å². The summed E-state index contributed by atoms with van der Waals surface area (Å²) in [5, 5.41) is 0. The zero-order chi connectivity index (χ0) is 11.7. The van der Waals surface area contributed by atoms with Crippen LogP contribution in [0.4, 0.5) is 0 Å². The molecule has 0 aromatic rings. The van der Waals surface area contributed by atoms with E-state index in [1.54, 1.807) is 4.90 Å². The number of methoxy groups -OCH3 is 1.